The van der Waals surface area contributed by atoms with E-state index in [0.29, 0.717) is 38.9 Å². The van der Waals surface area contributed by atoms with E-state index >= 15 is 0 Å². The molecule has 4 heteroatoms. The Morgan fingerprint density at radius 3 is 1.42 bits per heavy atom. The van der Waals surface area contributed by atoms with E-state index in [1.54, 1.807) is 19.1 Å². The molecule has 4 nitrogen and oxygen atoms in total. The number of aryl methyl sites for hydroxylation is 1. The maximum Gasteiger partial charge on any atom is 0.141 e. The highest BCUT2D eigenvalue weighted by atomic mass is 16.3. The molecule has 0 radical (unpaired) electrons. The molecule has 9 rings (SSSR count). The van der Waals surface area contributed by atoms with E-state index in [2.05, 4.69) is 31.2 Å². The first-order valence-corrected chi connectivity index (χ1v) is 16.2. The molecule has 0 unspecified atom stereocenters. The number of phenolic OH excluding ortho intramolecular Hbond substituents is 2. The highest BCUT2D eigenvalue weighted by molar-refractivity contribution is 6.19. The molecule has 0 amide bonds. The zero-order valence-electron chi connectivity index (χ0n) is 26.5. The number of benzene rings is 8. The van der Waals surface area contributed by atoms with E-state index < -0.39 is 11.2 Å². The molecular weight excluding hydrogens is 592 g/mol. The second kappa shape index (κ2) is 9.91. The first-order chi connectivity index (χ1) is 23.2. The summed E-state index contributed by atoms with van der Waals surface area (Å²) in [5.41, 5.74) is 2.92. The van der Waals surface area contributed by atoms with Gasteiger partial charge in [-0.05, 0) is 103 Å². The molecule has 0 spiro atoms. The molecule has 0 bridgehead atoms. The number of rotatable bonds is 2. The van der Waals surface area contributed by atoms with Gasteiger partial charge in [0.05, 0.1) is 0 Å². The second-order valence-electron chi connectivity index (χ2n) is 13.3. The van der Waals surface area contributed by atoms with E-state index in [1.807, 2.05) is 97.1 Å². The minimum absolute atomic E-state index is 0.0852. The zero-order valence-corrected chi connectivity index (χ0v) is 26.5. The van der Waals surface area contributed by atoms with Crippen molar-refractivity contribution in [2.45, 2.75) is 25.0 Å². The van der Waals surface area contributed by atoms with Crippen molar-refractivity contribution < 1.29 is 20.4 Å². The van der Waals surface area contributed by atoms with Gasteiger partial charge >= 0.3 is 0 Å². The summed E-state index contributed by atoms with van der Waals surface area (Å²) in [5, 5.41) is 54.8. The summed E-state index contributed by atoms with van der Waals surface area (Å²) >= 11 is 0. The Kier molecular flexibility index (Phi) is 5.89. The van der Waals surface area contributed by atoms with Crippen molar-refractivity contribution >= 4 is 43.1 Å². The number of phenols is 2. The molecule has 8 aromatic rings. The highest BCUT2D eigenvalue weighted by Crippen LogP contribution is 2.52. The van der Waals surface area contributed by atoms with Crippen LogP contribution in [0.1, 0.15) is 40.3 Å². The highest BCUT2D eigenvalue weighted by Gasteiger charge is 2.47. The van der Waals surface area contributed by atoms with Crippen molar-refractivity contribution in [3.05, 3.63) is 167 Å². The molecule has 232 valence electrons. The van der Waals surface area contributed by atoms with Crippen LogP contribution < -0.4 is 0 Å². The summed E-state index contributed by atoms with van der Waals surface area (Å²) < 4.78 is 0. The maximum atomic E-state index is 12.7. The normalized spacial score (nSPS) is 18.8. The Morgan fingerprint density at radius 1 is 0.438 bits per heavy atom. The third kappa shape index (κ3) is 3.79. The smallest absolute Gasteiger partial charge is 0.141 e. The predicted molar refractivity (Wildman–Crippen MR) is 194 cm³/mol. The summed E-state index contributed by atoms with van der Waals surface area (Å²) in [4.78, 5) is 0. The largest absolute Gasteiger partial charge is 0.507 e. The Hall–Kier alpha value is -5.68. The number of hydrogen-bond acceptors (Lipinski definition) is 4. The molecule has 1 aliphatic rings. The standard InChI is InChI=1S/C44H32O4/c1-25-11-15-29-26(23-25)12-16-33-31(29)19-21-39(45)41(33)42-34-17-13-27-24-28(14-18-30(27)32(34)20-22-40(42)46)44(48)37-9-5-3-7-35(37)43(2,47)36-8-4-6-10-38(36)44/h3-24,45-48H,1-2H3. The first-order valence-electron chi connectivity index (χ1n) is 16.2. The molecular formula is C44H32O4. The zero-order chi connectivity index (χ0) is 32.9. The molecule has 0 aliphatic heterocycles. The molecule has 4 N–H and O–H groups in total. The second-order valence-corrected chi connectivity index (χ2v) is 13.3. The molecule has 0 saturated heterocycles. The van der Waals surface area contributed by atoms with Gasteiger partial charge in [0.25, 0.3) is 0 Å². The maximum absolute atomic E-state index is 12.7. The molecule has 0 atom stereocenters. The van der Waals surface area contributed by atoms with Crippen LogP contribution in [-0.4, -0.2) is 20.4 Å². The summed E-state index contributed by atoms with van der Waals surface area (Å²) in [6.45, 7) is 3.85. The van der Waals surface area contributed by atoms with Gasteiger partial charge in [-0.2, -0.15) is 0 Å². The third-order valence-corrected chi connectivity index (χ3v) is 10.5. The molecule has 1 aliphatic carbocycles. The van der Waals surface area contributed by atoms with E-state index in [-0.39, 0.29) is 11.5 Å². The minimum Gasteiger partial charge on any atom is -0.507 e. The van der Waals surface area contributed by atoms with Crippen LogP contribution in [0.25, 0.3) is 54.2 Å². The quantitative estimate of drug-likeness (QED) is 0.144. The van der Waals surface area contributed by atoms with Crippen LogP contribution in [0.2, 0.25) is 0 Å². The van der Waals surface area contributed by atoms with Crippen LogP contribution in [0.5, 0.6) is 11.5 Å². The number of aliphatic hydroxyl groups is 2. The van der Waals surface area contributed by atoms with Crippen LogP contribution in [0.15, 0.2) is 133 Å². The molecule has 0 fully saturated rings. The van der Waals surface area contributed by atoms with Gasteiger partial charge in [0, 0.05) is 11.1 Å². The van der Waals surface area contributed by atoms with Gasteiger partial charge in [-0.15, -0.1) is 0 Å². The Balaban J connectivity index is 1.27. The fraction of sp³-hybridized carbons (Fsp3) is 0.0909. The monoisotopic (exact) mass is 624 g/mol. The van der Waals surface area contributed by atoms with Gasteiger partial charge < -0.3 is 20.4 Å². The van der Waals surface area contributed by atoms with Crippen molar-refractivity contribution in [2.75, 3.05) is 0 Å². The summed E-state index contributed by atoms with van der Waals surface area (Å²) in [6, 6.07) is 42.8. The molecule has 0 saturated carbocycles. The van der Waals surface area contributed by atoms with Crippen molar-refractivity contribution in [2.24, 2.45) is 0 Å². The lowest BCUT2D eigenvalue weighted by Crippen LogP contribution is -2.42. The third-order valence-electron chi connectivity index (χ3n) is 10.5. The van der Waals surface area contributed by atoms with Crippen LogP contribution in [-0.2, 0) is 11.2 Å². The van der Waals surface area contributed by atoms with E-state index in [1.165, 1.54) is 5.56 Å². The average Bonchev–Trinajstić information content (AvgIpc) is 3.10. The van der Waals surface area contributed by atoms with Gasteiger partial charge in [-0.25, -0.2) is 0 Å². The Labute approximate surface area is 277 Å². The van der Waals surface area contributed by atoms with Gasteiger partial charge in [0.1, 0.15) is 22.7 Å². The lowest BCUT2D eigenvalue weighted by molar-refractivity contribution is 0.0616. The van der Waals surface area contributed by atoms with Crippen LogP contribution in [0.3, 0.4) is 0 Å². The van der Waals surface area contributed by atoms with Crippen molar-refractivity contribution in [1.29, 1.82) is 0 Å². The summed E-state index contributed by atoms with van der Waals surface area (Å²) in [5.74, 6) is 0.182. The van der Waals surface area contributed by atoms with Crippen LogP contribution >= 0.6 is 0 Å². The fourth-order valence-electron chi connectivity index (χ4n) is 8.19. The van der Waals surface area contributed by atoms with E-state index in [9.17, 15) is 20.4 Å². The lowest BCUT2D eigenvalue weighted by atomic mass is 9.66. The minimum atomic E-state index is -1.49. The topological polar surface area (TPSA) is 80.9 Å². The lowest BCUT2D eigenvalue weighted by Gasteiger charge is -2.43. The number of hydrogen-bond donors (Lipinski definition) is 4. The molecule has 0 aromatic heterocycles. The SMILES string of the molecule is Cc1ccc2c(ccc3c(-c4c(O)ccc5c4ccc4cc(C6(O)c7ccccc7C(C)(O)c7ccccc76)ccc45)c(O)ccc32)c1. The van der Waals surface area contributed by atoms with Gasteiger partial charge in [-0.3, -0.25) is 0 Å². The predicted octanol–water partition coefficient (Wildman–Crippen LogP) is 9.54. The van der Waals surface area contributed by atoms with Crippen LogP contribution in [0.4, 0.5) is 0 Å². The van der Waals surface area contributed by atoms with Crippen molar-refractivity contribution in [3.8, 4) is 22.6 Å². The fourth-order valence-corrected chi connectivity index (χ4v) is 8.19. The average molecular weight is 625 g/mol. The van der Waals surface area contributed by atoms with Gasteiger partial charge in [0.15, 0.2) is 0 Å². The first kappa shape index (κ1) is 28.5. The van der Waals surface area contributed by atoms with Gasteiger partial charge in [-0.1, -0.05) is 121 Å². The van der Waals surface area contributed by atoms with Crippen molar-refractivity contribution in [3.63, 3.8) is 0 Å². The molecule has 8 aromatic carbocycles. The number of aromatic hydroxyl groups is 2. The Bertz CT molecular complexity index is 2600. The summed E-state index contributed by atoms with van der Waals surface area (Å²) in [6.07, 6.45) is 0. The molecule has 0 heterocycles. The van der Waals surface area contributed by atoms with Crippen LogP contribution in [0, 0.1) is 6.92 Å². The van der Waals surface area contributed by atoms with E-state index in [0.717, 1.165) is 43.1 Å². The number of fused-ring (bicyclic) bond motifs is 8. The van der Waals surface area contributed by atoms with E-state index in [4.69, 9.17) is 0 Å². The van der Waals surface area contributed by atoms with Gasteiger partial charge in [0.2, 0.25) is 0 Å². The molecule has 48 heavy (non-hydrogen) atoms. The Morgan fingerprint density at radius 2 is 0.875 bits per heavy atom. The summed E-state index contributed by atoms with van der Waals surface area (Å²) in [7, 11) is 0. The van der Waals surface area contributed by atoms with Crippen molar-refractivity contribution in [1.82, 2.24) is 0 Å².